The van der Waals surface area contributed by atoms with E-state index in [1.165, 1.54) is 12.1 Å². The first-order chi connectivity index (χ1) is 10.5. The Morgan fingerprint density at radius 1 is 0.913 bits per heavy atom. The van der Waals surface area contributed by atoms with E-state index in [1.54, 1.807) is 0 Å². The van der Waals surface area contributed by atoms with Gasteiger partial charge in [-0.25, -0.2) is 0 Å². The van der Waals surface area contributed by atoms with E-state index in [1.807, 2.05) is 0 Å². The molecule has 2 aromatic carbocycles. The average Bonchev–Trinajstić information content (AvgIpc) is 2.42. The van der Waals surface area contributed by atoms with Crippen LogP contribution in [0.15, 0.2) is 46.2 Å². The summed E-state index contributed by atoms with van der Waals surface area (Å²) in [6.07, 6.45) is 0. The molecule has 11 heteroatoms. The van der Waals surface area contributed by atoms with Gasteiger partial charge < -0.3 is 16.2 Å². The van der Waals surface area contributed by atoms with Gasteiger partial charge in [0.25, 0.3) is 20.2 Å². The van der Waals surface area contributed by atoms with Gasteiger partial charge >= 0.3 is 0 Å². The lowest BCUT2D eigenvalue weighted by Gasteiger charge is -2.12. The van der Waals surface area contributed by atoms with Gasteiger partial charge in [0.2, 0.25) is 0 Å². The van der Waals surface area contributed by atoms with Gasteiger partial charge in [-0.05, 0) is 30.3 Å². The van der Waals surface area contributed by atoms with Crippen LogP contribution in [-0.4, -0.2) is 31.0 Å². The predicted molar refractivity (Wildman–Crippen MR) is 81.9 cm³/mol. The van der Waals surface area contributed by atoms with E-state index in [4.69, 9.17) is 14.8 Å². The van der Waals surface area contributed by atoms with Crippen molar-refractivity contribution in [1.82, 2.24) is 0 Å². The number of nitrogens with one attached hydrogen (secondary N) is 1. The Labute approximate surface area is 131 Å². The number of nitrogen functional groups attached to an aromatic ring is 1. The fourth-order valence-corrected chi connectivity index (χ4v) is 2.83. The number of hydrogen-bond acceptors (Lipinski definition) is 7. The maximum Gasteiger partial charge on any atom is 0.294 e. The smallest absolute Gasteiger partial charge is 0.294 e. The van der Waals surface area contributed by atoms with Crippen molar-refractivity contribution in [1.29, 1.82) is 0 Å². The highest BCUT2D eigenvalue weighted by Crippen LogP contribution is 2.35. The average molecular weight is 360 g/mol. The van der Waals surface area contributed by atoms with Crippen LogP contribution in [0.25, 0.3) is 0 Å². The second kappa shape index (κ2) is 5.70. The highest BCUT2D eigenvalue weighted by Gasteiger charge is 2.17. The SMILES string of the molecule is Nc1cc(S(=O)(=O)O)cc(Nc2cccc(S(=O)(=O)O)c2)c1O. The minimum absolute atomic E-state index is 0.127. The van der Waals surface area contributed by atoms with Gasteiger partial charge in [-0.1, -0.05) is 6.07 Å². The molecule has 0 radical (unpaired) electrons. The molecule has 6 N–H and O–H groups in total. The van der Waals surface area contributed by atoms with Crippen LogP contribution in [0.5, 0.6) is 5.75 Å². The van der Waals surface area contributed by atoms with Crippen LogP contribution >= 0.6 is 0 Å². The highest BCUT2D eigenvalue weighted by atomic mass is 32.2. The molecule has 0 bridgehead atoms. The molecule has 0 aliphatic heterocycles. The minimum atomic E-state index is -4.56. The zero-order valence-electron chi connectivity index (χ0n) is 11.3. The summed E-state index contributed by atoms with van der Waals surface area (Å²) in [7, 11) is -8.99. The predicted octanol–water partition coefficient (Wildman–Crippen LogP) is 1.21. The number of benzene rings is 2. The van der Waals surface area contributed by atoms with Crippen LogP contribution in [0.1, 0.15) is 0 Å². The first kappa shape index (κ1) is 17.0. The Balaban J connectivity index is 2.51. The molecule has 0 aliphatic carbocycles. The molecule has 9 nitrogen and oxygen atoms in total. The maximum atomic E-state index is 11.2. The van der Waals surface area contributed by atoms with Crippen LogP contribution in [-0.2, 0) is 20.2 Å². The third-order valence-electron chi connectivity index (χ3n) is 2.82. The summed E-state index contributed by atoms with van der Waals surface area (Å²) in [4.78, 5) is -0.956. The van der Waals surface area contributed by atoms with Gasteiger partial charge in [0.1, 0.15) is 0 Å². The fourth-order valence-electron chi connectivity index (χ4n) is 1.76. The number of phenols is 1. The molecule has 124 valence electrons. The van der Waals surface area contributed by atoms with Gasteiger partial charge in [-0.3, -0.25) is 9.11 Å². The summed E-state index contributed by atoms with van der Waals surface area (Å²) < 4.78 is 62.5. The Morgan fingerprint density at radius 3 is 2.09 bits per heavy atom. The molecule has 2 rings (SSSR count). The number of aromatic hydroxyl groups is 1. The lowest BCUT2D eigenvalue weighted by atomic mass is 10.2. The Hall–Kier alpha value is -2.34. The first-order valence-electron chi connectivity index (χ1n) is 5.93. The van der Waals surface area contributed by atoms with Crippen LogP contribution in [0.2, 0.25) is 0 Å². The molecule has 0 saturated heterocycles. The number of anilines is 3. The van der Waals surface area contributed by atoms with E-state index in [0.717, 1.165) is 24.3 Å². The summed E-state index contributed by atoms with van der Waals surface area (Å²) in [6, 6.07) is 6.71. The Bertz CT molecular complexity index is 969. The second-order valence-electron chi connectivity index (χ2n) is 4.51. The van der Waals surface area contributed by atoms with E-state index in [9.17, 15) is 21.9 Å². The van der Waals surface area contributed by atoms with Crippen LogP contribution in [0.4, 0.5) is 17.1 Å². The first-order valence-corrected chi connectivity index (χ1v) is 8.81. The Kier molecular flexibility index (Phi) is 4.22. The molecule has 0 unspecified atom stereocenters. The van der Waals surface area contributed by atoms with E-state index in [2.05, 4.69) is 5.32 Å². The van der Waals surface area contributed by atoms with Crippen molar-refractivity contribution in [2.24, 2.45) is 0 Å². The van der Waals surface area contributed by atoms with Crippen molar-refractivity contribution in [3.63, 3.8) is 0 Å². The zero-order chi connectivity index (χ0) is 17.4. The molecule has 0 aromatic heterocycles. The van der Waals surface area contributed by atoms with E-state index in [0.29, 0.717) is 0 Å². The van der Waals surface area contributed by atoms with E-state index < -0.39 is 35.8 Å². The third-order valence-corrected chi connectivity index (χ3v) is 4.50. The summed E-state index contributed by atoms with van der Waals surface area (Å²) >= 11 is 0. The standard InChI is InChI=1S/C12H12N2O7S2/c13-10-5-9(23(19,20)21)6-11(12(10)15)14-7-2-1-3-8(4-7)22(16,17)18/h1-6,14-15H,13H2,(H,16,17,18)(H,19,20,21). The lowest BCUT2D eigenvalue weighted by Crippen LogP contribution is -2.03. The van der Waals surface area contributed by atoms with Gasteiger partial charge in [-0.15, -0.1) is 0 Å². The summed E-state index contributed by atoms with van der Waals surface area (Å²) in [5, 5.41) is 12.4. The molecule has 23 heavy (non-hydrogen) atoms. The molecule has 2 aromatic rings. The normalized spacial score (nSPS) is 12.1. The Morgan fingerprint density at radius 2 is 1.52 bits per heavy atom. The number of nitrogens with two attached hydrogens (primary N) is 1. The molecule has 0 heterocycles. The molecular formula is C12H12N2O7S2. The molecule has 0 aliphatic rings. The van der Waals surface area contributed by atoms with Crippen LogP contribution < -0.4 is 11.1 Å². The lowest BCUT2D eigenvalue weighted by molar-refractivity contribution is 0.476. The summed E-state index contributed by atoms with van der Waals surface area (Å²) in [5.74, 6) is -0.491. The number of hydrogen-bond donors (Lipinski definition) is 5. The quantitative estimate of drug-likeness (QED) is 0.306. The maximum absolute atomic E-state index is 11.2. The minimum Gasteiger partial charge on any atom is -0.504 e. The van der Waals surface area contributed by atoms with Crippen LogP contribution in [0.3, 0.4) is 0 Å². The van der Waals surface area contributed by atoms with Crippen molar-refractivity contribution in [2.75, 3.05) is 11.1 Å². The van der Waals surface area contributed by atoms with E-state index >= 15 is 0 Å². The number of rotatable bonds is 4. The van der Waals surface area contributed by atoms with Gasteiger partial charge in [0.05, 0.1) is 21.2 Å². The van der Waals surface area contributed by atoms with Gasteiger partial charge in [0.15, 0.2) is 5.75 Å². The topological polar surface area (TPSA) is 167 Å². The van der Waals surface area contributed by atoms with Crippen molar-refractivity contribution in [3.05, 3.63) is 36.4 Å². The summed E-state index contributed by atoms with van der Waals surface area (Å²) in [6.45, 7) is 0. The van der Waals surface area contributed by atoms with Crippen LogP contribution in [0, 0.1) is 0 Å². The van der Waals surface area contributed by atoms with Gasteiger partial charge in [-0.2, -0.15) is 16.8 Å². The van der Waals surface area contributed by atoms with E-state index in [-0.39, 0.29) is 17.1 Å². The van der Waals surface area contributed by atoms with Crippen molar-refractivity contribution in [3.8, 4) is 5.75 Å². The zero-order valence-corrected chi connectivity index (χ0v) is 13.0. The monoisotopic (exact) mass is 360 g/mol. The summed E-state index contributed by atoms with van der Waals surface area (Å²) in [5.41, 5.74) is 5.11. The number of phenolic OH excluding ortho intramolecular Hbond substituents is 1. The highest BCUT2D eigenvalue weighted by molar-refractivity contribution is 7.86. The molecular weight excluding hydrogens is 348 g/mol. The fraction of sp³-hybridized carbons (Fsp3) is 0. The molecule has 0 saturated carbocycles. The molecule has 0 fully saturated rings. The third kappa shape index (κ3) is 3.90. The van der Waals surface area contributed by atoms with Crippen molar-refractivity contribution >= 4 is 37.3 Å². The van der Waals surface area contributed by atoms with Gasteiger partial charge in [0, 0.05) is 5.69 Å². The second-order valence-corrected chi connectivity index (χ2v) is 7.35. The van der Waals surface area contributed by atoms with Crippen molar-refractivity contribution in [2.45, 2.75) is 9.79 Å². The molecule has 0 amide bonds. The van der Waals surface area contributed by atoms with Crippen molar-refractivity contribution < 1.29 is 31.0 Å². The largest absolute Gasteiger partial charge is 0.504 e. The molecule has 0 spiro atoms. The molecule has 0 atom stereocenters.